The van der Waals surface area contributed by atoms with E-state index in [-0.39, 0.29) is 0 Å². The number of aromatic nitrogens is 2. The Morgan fingerprint density at radius 1 is 1.37 bits per heavy atom. The van der Waals surface area contributed by atoms with Crippen molar-refractivity contribution in [1.82, 2.24) is 14.9 Å². The van der Waals surface area contributed by atoms with Crippen LogP contribution in [0.1, 0.15) is 32.8 Å². The molecule has 1 rings (SSSR count). The smallest absolute Gasteiger partial charge is 0.221 e. The minimum atomic E-state index is 0.604. The molecule has 0 aromatic carbocycles. The van der Waals surface area contributed by atoms with Crippen LogP contribution in [0.15, 0.2) is 6.33 Å². The van der Waals surface area contributed by atoms with E-state index < -0.39 is 0 Å². The fourth-order valence-electron chi connectivity index (χ4n) is 1.78. The lowest BCUT2D eigenvalue weighted by Gasteiger charge is -2.23. The van der Waals surface area contributed by atoms with Crippen molar-refractivity contribution in [3.63, 3.8) is 0 Å². The fourth-order valence-corrected chi connectivity index (χ4v) is 1.78. The van der Waals surface area contributed by atoms with Crippen molar-refractivity contribution >= 4 is 5.82 Å². The van der Waals surface area contributed by atoms with E-state index in [1.54, 1.807) is 6.33 Å². The van der Waals surface area contributed by atoms with Gasteiger partial charge in [0.15, 0.2) is 0 Å². The van der Waals surface area contributed by atoms with Crippen molar-refractivity contribution in [3.8, 4) is 5.88 Å². The molecule has 1 aromatic rings. The van der Waals surface area contributed by atoms with E-state index in [1.807, 2.05) is 13.8 Å². The summed E-state index contributed by atoms with van der Waals surface area (Å²) in [6.45, 7) is 10.9. The molecule has 0 aliphatic carbocycles. The van der Waals surface area contributed by atoms with Gasteiger partial charge in [0.1, 0.15) is 12.1 Å². The van der Waals surface area contributed by atoms with Crippen molar-refractivity contribution in [3.05, 3.63) is 11.9 Å². The molecule has 1 unspecified atom stereocenters. The van der Waals surface area contributed by atoms with Gasteiger partial charge in [0.2, 0.25) is 5.88 Å². The zero-order valence-corrected chi connectivity index (χ0v) is 12.7. The summed E-state index contributed by atoms with van der Waals surface area (Å²) >= 11 is 0. The SMILES string of the molecule is CCOc1ncnc(NCCN(C)C(C)CC)c1C. The molecule has 0 aliphatic rings. The summed E-state index contributed by atoms with van der Waals surface area (Å²) in [4.78, 5) is 10.7. The van der Waals surface area contributed by atoms with Gasteiger partial charge in [0.25, 0.3) is 0 Å². The molecule has 1 N–H and O–H groups in total. The molecule has 0 bridgehead atoms. The Balaban J connectivity index is 2.51. The van der Waals surface area contributed by atoms with E-state index in [4.69, 9.17) is 4.74 Å². The van der Waals surface area contributed by atoms with Crippen molar-refractivity contribution in [1.29, 1.82) is 0 Å². The first-order valence-electron chi connectivity index (χ1n) is 6.98. The van der Waals surface area contributed by atoms with E-state index in [0.29, 0.717) is 18.5 Å². The number of anilines is 1. The summed E-state index contributed by atoms with van der Waals surface area (Å²) in [6.07, 6.45) is 2.70. The number of hydrogen-bond donors (Lipinski definition) is 1. The molecule has 0 spiro atoms. The Kier molecular flexibility index (Phi) is 6.56. The van der Waals surface area contributed by atoms with Gasteiger partial charge in [0, 0.05) is 19.1 Å². The highest BCUT2D eigenvalue weighted by atomic mass is 16.5. The predicted molar refractivity (Wildman–Crippen MR) is 78.8 cm³/mol. The summed E-state index contributed by atoms with van der Waals surface area (Å²) in [5.74, 6) is 1.52. The number of hydrogen-bond acceptors (Lipinski definition) is 5. The van der Waals surface area contributed by atoms with E-state index in [2.05, 4.69) is 41.1 Å². The Morgan fingerprint density at radius 3 is 2.74 bits per heavy atom. The molecule has 0 saturated carbocycles. The molecule has 1 aromatic heterocycles. The van der Waals surface area contributed by atoms with Crippen LogP contribution in [0.3, 0.4) is 0 Å². The van der Waals surface area contributed by atoms with Gasteiger partial charge in [-0.2, -0.15) is 0 Å². The lowest BCUT2D eigenvalue weighted by Crippen LogP contribution is -2.32. The molecule has 0 radical (unpaired) electrons. The van der Waals surface area contributed by atoms with E-state index in [1.165, 1.54) is 0 Å². The minimum Gasteiger partial charge on any atom is -0.478 e. The van der Waals surface area contributed by atoms with Crippen LogP contribution in [-0.4, -0.2) is 47.7 Å². The summed E-state index contributed by atoms with van der Waals surface area (Å²) in [5.41, 5.74) is 0.968. The normalized spacial score (nSPS) is 12.5. The molecule has 0 amide bonds. The molecule has 5 heteroatoms. The summed E-state index contributed by atoms with van der Waals surface area (Å²) in [6, 6.07) is 0.604. The molecule has 1 atom stereocenters. The van der Waals surface area contributed by atoms with Crippen LogP contribution in [0.2, 0.25) is 0 Å². The largest absolute Gasteiger partial charge is 0.478 e. The average molecular weight is 266 g/mol. The summed E-state index contributed by atoms with van der Waals surface area (Å²) in [5, 5.41) is 3.35. The number of ether oxygens (including phenoxy) is 1. The number of nitrogens with one attached hydrogen (secondary N) is 1. The second kappa shape index (κ2) is 7.94. The first-order chi connectivity index (χ1) is 9.10. The van der Waals surface area contributed by atoms with E-state index >= 15 is 0 Å². The zero-order chi connectivity index (χ0) is 14.3. The Hall–Kier alpha value is -1.36. The van der Waals surface area contributed by atoms with Crippen LogP contribution < -0.4 is 10.1 Å². The lowest BCUT2D eigenvalue weighted by atomic mass is 10.2. The Labute approximate surface area is 116 Å². The van der Waals surface area contributed by atoms with Crippen LogP contribution >= 0.6 is 0 Å². The van der Waals surface area contributed by atoms with Crippen LogP contribution in [0, 0.1) is 6.92 Å². The van der Waals surface area contributed by atoms with Gasteiger partial charge < -0.3 is 15.0 Å². The highest BCUT2D eigenvalue weighted by Crippen LogP contribution is 2.19. The monoisotopic (exact) mass is 266 g/mol. The van der Waals surface area contributed by atoms with Crippen molar-refractivity contribution in [2.24, 2.45) is 0 Å². The topological polar surface area (TPSA) is 50.3 Å². The van der Waals surface area contributed by atoms with Gasteiger partial charge in [-0.1, -0.05) is 6.92 Å². The van der Waals surface area contributed by atoms with Crippen LogP contribution in [0.25, 0.3) is 0 Å². The third-order valence-corrected chi connectivity index (χ3v) is 3.42. The van der Waals surface area contributed by atoms with Gasteiger partial charge in [-0.25, -0.2) is 9.97 Å². The molecule has 1 heterocycles. The van der Waals surface area contributed by atoms with Gasteiger partial charge in [-0.15, -0.1) is 0 Å². The third kappa shape index (κ3) is 4.67. The highest BCUT2D eigenvalue weighted by molar-refractivity contribution is 5.47. The first-order valence-corrected chi connectivity index (χ1v) is 6.98. The molecule has 19 heavy (non-hydrogen) atoms. The summed E-state index contributed by atoms with van der Waals surface area (Å²) in [7, 11) is 2.15. The minimum absolute atomic E-state index is 0.604. The van der Waals surface area contributed by atoms with Gasteiger partial charge in [0.05, 0.1) is 12.2 Å². The number of rotatable bonds is 8. The van der Waals surface area contributed by atoms with Crippen LogP contribution in [0.5, 0.6) is 5.88 Å². The standard InChI is InChI=1S/C14H26N4O/c1-6-11(3)18(5)9-8-15-13-12(4)14(19-7-2)17-10-16-13/h10-11H,6-9H2,1-5H3,(H,15,16,17). The maximum Gasteiger partial charge on any atom is 0.221 e. The number of likely N-dealkylation sites (N-methyl/N-ethyl adjacent to an activating group) is 1. The maximum absolute atomic E-state index is 5.46. The zero-order valence-electron chi connectivity index (χ0n) is 12.7. The predicted octanol–water partition coefficient (Wildman–Crippen LogP) is 2.33. The molecular formula is C14H26N4O. The Morgan fingerprint density at radius 2 is 2.11 bits per heavy atom. The molecule has 5 nitrogen and oxygen atoms in total. The van der Waals surface area contributed by atoms with Crippen LogP contribution in [-0.2, 0) is 0 Å². The Bertz CT molecular complexity index is 384. The number of nitrogens with zero attached hydrogens (tertiary/aromatic N) is 3. The third-order valence-electron chi connectivity index (χ3n) is 3.42. The van der Waals surface area contributed by atoms with Crippen LogP contribution in [0.4, 0.5) is 5.82 Å². The molecular weight excluding hydrogens is 240 g/mol. The molecule has 0 fully saturated rings. The van der Waals surface area contributed by atoms with E-state index in [0.717, 1.165) is 30.9 Å². The van der Waals surface area contributed by atoms with Gasteiger partial charge in [-0.05, 0) is 34.2 Å². The van der Waals surface area contributed by atoms with Crippen molar-refractivity contribution in [2.75, 3.05) is 32.1 Å². The second-order valence-electron chi connectivity index (χ2n) is 4.75. The quantitative estimate of drug-likeness (QED) is 0.782. The first kappa shape index (κ1) is 15.7. The van der Waals surface area contributed by atoms with Gasteiger partial charge >= 0.3 is 0 Å². The maximum atomic E-state index is 5.46. The average Bonchev–Trinajstić information content (AvgIpc) is 2.42. The van der Waals surface area contributed by atoms with Crippen molar-refractivity contribution < 1.29 is 4.74 Å². The molecule has 108 valence electrons. The highest BCUT2D eigenvalue weighted by Gasteiger charge is 2.09. The molecule has 0 saturated heterocycles. The van der Waals surface area contributed by atoms with Crippen molar-refractivity contribution in [2.45, 2.75) is 40.2 Å². The molecule has 0 aliphatic heterocycles. The lowest BCUT2D eigenvalue weighted by molar-refractivity contribution is 0.261. The second-order valence-corrected chi connectivity index (χ2v) is 4.75. The summed E-state index contributed by atoms with van der Waals surface area (Å²) < 4.78 is 5.46. The van der Waals surface area contributed by atoms with Gasteiger partial charge in [-0.3, -0.25) is 0 Å². The fraction of sp³-hybridized carbons (Fsp3) is 0.714. The van der Waals surface area contributed by atoms with E-state index in [9.17, 15) is 0 Å².